The van der Waals surface area contributed by atoms with Crippen LogP contribution < -0.4 is 5.32 Å². The summed E-state index contributed by atoms with van der Waals surface area (Å²) in [5, 5.41) is 2.84. The minimum atomic E-state index is 0.154. The van der Waals surface area contributed by atoms with E-state index in [0.29, 0.717) is 0 Å². The number of hydrogen-bond acceptors (Lipinski definition) is 2. The van der Waals surface area contributed by atoms with Gasteiger partial charge in [-0.05, 0) is 0 Å². The van der Waals surface area contributed by atoms with Crippen molar-refractivity contribution >= 4 is 5.91 Å². The predicted molar refractivity (Wildman–Crippen MR) is 35.4 cm³/mol. The number of carbonyl (C=O) groups excluding carboxylic acids is 1. The molecular weight excluding hydrogens is 130 g/mol. The van der Waals surface area contributed by atoms with E-state index in [4.69, 9.17) is 4.74 Å². The summed E-state index contributed by atoms with van der Waals surface area (Å²) >= 11 is 0. The highest BCUT2D eigenvalue weighted by atomic mass is 16.5. The minimum absolute atomic E-state index is 0.154. The van der Waals surface area contributed by atoms with Gasteiger partial charge in [0.1, 0.15) is 0 Å². The molecule has 56 valence electrons. The summed E-state index contributed by atoms with van der Waals surface area (Å²) < 4.78 is 5.09. The quantitative estimate of drug-likeness (QED) is 0.506. The smallest absolute Gasteiger partial charge is 0.223 e. The molecule has 2 heterocycles. The van der Waals surface area contributed by atoms with Gasteiger partial charge >= 0.3 is 0 Å². The zero-order valence-electron chi connectivity index (χ0n) is 6.02. The first-order chi connectivity index (χ1) is 4.75. The highest BCUT2D eigenvalue weighted by Crippen LogP contribution is 2.38. The van der Waals surface area contributed by atoms with Crippen molar-refractivity contribution in [1.82, 2.24) is 5.32 Å². The minimum Gasteiger partial charge on any atom is -0.380 e. The van der Waals surface area contributed by atoms with Crippen LogP contribution >= 0.6 is 0 Å². The number of nitrogens with one attached hydrogen (secondary N) is 1. The average Bonchev–Trinajstić information content (AvgIpc) is 2.10. The van der Waals surface area contributed by atoms with Crippen molar-refractivity contribution in [1.29, 1.82) is 0 Å². The Labute approximate surface area is 59.7 Å². The maximum Gasteiger partial charge on any atom is 0.223 e. The predicted octanol–water partition coefficient (Wildman–Crippen LogP) is -0.231. The molecule has 2 aliphatic rings. The molecule has 3 heteroatoms. The molecule has 0 radical (unpaired) electrons. The Hall–Kier alpha value is -0.570. The molecule has 0 aromatic heterocycles. The molecule has 1 amide bonds. The number of rotatable bonds is 0. The second-order valence-electron chi connectivity index (χ2n) is 3.29. The summed E-state index contributed by atoms with van der Waals surface area (Å²) in [4.78, 5) is 11.0. The second-order valence-corrected chi connectivity index (χ2v) is 3.29. The number of hydrogen-bond donors (Lipinski definition) is 1. The lowest BCUT2D eigenvalue weighted by Crippen LogP contribution is -2.48. The Kier molecular flexibility index (Phi) is 1.06. The third kappa shape index (κ3) is 0.560. The van der Waals surface area contributed by atoms with E-state index < -0.39 is 0 Å². The van der Waals surface area contributed by atoms with Crippen molar-refractivity contribution in [3.8, 4) is 0 Å². The first kappa shape index (κ1) is 6.16. The van der Waals surface area contributed by atoms with Gasteiger partial charge in [0.15, 0.2) is 0 Å². The molecule has 1 atom stereocenters. The van der Waals surface area contributed by atoms with Crippen LogP contribution in [0.5, 0.6) is 0 Å². The van der Waals surface area contributed by atoms with Crippen LogP contribution in [0.1, 0.15) is 6.92 Å². The molecule has 2 fully saturated rings. The lowest BCUT2D eigenvalue weighted by atomic mass is 9.77. The van der Waals surface area contributed by atoms with E-state index in [2.05, 4.69) is 5.32 Å². The van der Waals surface area contributed by atoms with Crippen LogP contribution in [0, 0.1) is 11.3 Å². The van der Waals surface area contributed by atoms with Crippen molar-refractivity contribution in [3.63, 3.8) is 0 Å². The van der Waals surface area contributed by atoms with E-state index in [-0.39, 0.29) is 17.2 Å². The topological polar surface area (TPSA) is 38.3 Å². The lowest BCUT2D eigenvalue weighted by Gasteiger charge is -2.39. The summed E-state index contributed by atoms with van der Waals surface area (Å²) in [5.41, 5.74) is 0.164. The molecule has 0 saturated carbocycles. The molecule has 3 nitrogen and oxygen atoms in total. The maximum atomic E-state index is 11.0. The Morgan fingerprint density at radius 3 is 2.60 bits per heavy atom. The molecule has 1 spiro atoms. The summed E-state index contributed by atoms with van der Waals surface area (Å²) in [5.74, 6) is 0.338. The van der Waals surface area contributed by atoms with Gasteiger partial charge in [-0.25, -0.2) is 0 Å². The monoisotopic (exact) mass is 141 g/mol. The van der Waals surface area contributed by atoms with Gasteiger partial charge in [0, 0.05) is 17.9 Å². The molecule has 2 saturated heterocycles. The molecule has 2 rings (SSSR count). The highest BCUT2D eigenvalue weighted by molar-refractivity contribution is 5.81. The fourth-order valence-electron chi connectivity index (χ4n) is 1.56. The van der Waals surface area contributed by atoms with Crippen LogP contribution in [0.25, 0.3) is 0 Å². The maximum absolute atomic E-state index is 11.0. The van der Waals surface area contributed by atoms with Gasteiger partial charge in [-0.3, -0.25) is 4.79 Å². The Bertz CT molecular complexity index is 174. The molecule has 0 aliphatic carbocycles. The molecule has 1 unspecified atom stereocenters. The van der Waals surface area contributed by atoms with Gasteiger partial charge < -0.3 is 10.1 Å². The van der Waals surface area contributed by atoms with E-state index in [1.165, 1.54) is 0 Å². The largest absolute Gasteiger partial charge is 0.380 e. The second kappa shape index (κ2) is 1.72. The number of carbonyl (C=O) groups is 1. The van der Waals surface area contributed by atoms with Crippen LogP contribution in [0.4, 0.5) is 0 Å². The van der Waals surface area contributed by atoms with Gasteiger partial charge in [0.05, 0.1) is 13.2 Å². The van der Waals surface area contributed by atoms with Crippen LogP contribution in [0.15, 0.2) is 0 Å². The summed E-state index contributed by atoms with van der Waals surface area (Å²) in [6.45, 7) is 4.30. The van der Waals surface area contributed by atoms with Crippen molar-refractivity contribution < 1.29 is 9.53 Å². The Balaban J connectivity index is 2.17. The van der Waals surface area contributed by atoms with Crippen molar-refractivity contribution in [2.24, 2.45) is 11.3 Å². The summed E-state index contributed by atoms with van der Waals surface area (Å²) in [6.07, 6.45) is 0. The fourth-order valence-corrected chi connectivity index (χ4v) is 1.56. The first-order valence-corrected chi connectivity index (χ1v) is 3.60. The summed E-state index contributed by atoms with van der Waals surface area (Å²) in [7, 11) is 0. The van der Waals surface area contributed by atoms with E-state index in [9.17, 15) is 4.79 Å². The van der Waals surface area contributed by atoms with Crippen LogP contribution in [-0.2, 0) is 9.53 Å². The van der Waals surface area contributed by atoms with Gasteiger partial charge in [0.25, 0.3) is 0 Å². The van der Waals surface area contributed by atoms with Crippen molar-refractivity contribution in [3.05, 3.63) is 0 Å². The van der Waals surface area contributed by atoms with E-state index in [1.54, 1.807) is 0 Å². The molecule has 10 heavy (non-hydrogen) atoms. The molecule has 0 aromatic rings. The van der Waals surface area contributed by atoms with Gasteiger partial charge in [-0.2, -0.15) is 0 Å². The average molecular weight is 141 g/mol. The molecule has 0 aromatic carbocycles. The molecule has 1 N–H and O–H groups in total. The zero-order valence-corrected chi connectivity index (χ0v) is 6.02. The Morgan fingerprint density at radius 2 is 2.40 bits per heavy atom. The normalized spacial score (nSPS) is 35.7. The third-order valence-electron chi connectivity index (χ3n) is 2.71. The standard InChI is InChI=1S/C7H11NO2/c1-5-6(9)8-2-7(5)3-10-4-7/h5H,2-4H2,1H3,(H,8,9). The van der Waals surface area contributed by atoms with Crippen molar-refractivity contribution in [2.75, 3.05) is 19.8 Å². The van der Waals surface area contributed by atoms with Gasteiger partial charge in [-0.1, -0.05) is 6.92 Å². The van der Waals surface area contributed by atoms with Crippen LogP contribution in [0.3, 0.4) is 0 Å². The van der Waals surface area contributed by atoms with Crippen LogP contribution in [-0.4, -0.2) is 25.7 Å². The summed E-state index contributed by atoms with van der Waals surface area (Å²) in [6, 6.07) is 0. The SMILES string of the molecule is CC1C(=O)NCC12COC2. The fraction of sp³-hybridized carbons (Fsp3) is 0.857. The van der Waals surface area contributed by atoms with E-state index >= 15 is 0 Å². The van der Waals surface area contributed by atoms with Crippen molar-refractivity contribution in [2.45, 2.75) is 6.92 Å². The van der Waals surface area contributed by atoms with Gasteiger partial charge in [0.2, 0.25) is 5.91 Å². The Morgan fingerprint density at radius 1 is 1.70 bits per heavy atom. The van der Waals surface area contributed by atoms with Gasteiger partial charge in [-0.15, -0.1) is 0 Å². The van der Waals surface area contributed by atoms with Crippen LogP contribution in [0.2, 0.25) is 0 Å². The highest BCUT2D eigenvalue weighted by Gasteiger charge is 2.50. The van der Waals surface area contributed by atoms with E-state index in [1.807, 2.05) is 6.92 Å². The lowest BCUT2D eigenvalue weighted by molar-refractivity contribution is -0.140. The number of ether oxygens (including phenoxy) is 1. The first-order valence-electron chi connectivity index (χ1n) is 3.60. The molecular formula is C7H11NO2. The third-order valence-corrected chi connectivity index (χ3v) is 2.71. The number of amides is 1. The zero-order chi connectivity index (χ0) is 7.19. The molecule has 0 bridgehead atoms. The molecule has 2 aliphatic heterocycles. The van der Waals surface area contributed by atoms with E-state index in [0.717, 1.165) is 19.8 Å².